The van der Waals surface area contributed by atoms with E-state index >= 15 is 0 Å². The standard InChI is InChI=1S/C12H24N2O/c1-12(2)4-3-10(7-12)14-8-11-9-15-6-5-13-11/h10-11,13-14H,3-9H2,1-2H3. The first-order valence-electron chi connectivity index (χ1n) is 6.20. The van der Waals surface area contributed by atoms with Gasteiger partial charge in [-0.2, -0.15) is 0 Å². The van der Waals surface area contributed by atoms with Gasteiger partial charge in [0.05, 0.1) is 13.2 Å². The Morgan fingerprint density at radius 2 is 2.33 bits per heavy atom. The fourth-order valence-electron chi connectivity index (χ4n) is 2.67. The SMILES string of the molecule is CC1(C)CCC(NCC2COCCN2)C1. The van der Waals surface area contributed by atoms with Crippen LogP contribution in [0, 0.1) is 5.41 Å². The molecular formula is C12H24N2O. The van der Waals surface area contributed by atoms with Crippen molar-refractivity contribution in [3.63, 3.8) is 0 Å². The highest BCUT2D eigenvalue weighted by Gasteiger charge is 2.30. The van der Waals surface area contributed by atoms with Crippen LogP contribution in [0.2, 0.25) is 0 Å². The predicted octanol–water partition coefficient (Wildman–Crippen LogP) is 1.14. The van der Waals surface area contributed by atoms with Crippen molar-refractivity contribution in [2.45, 2.75) is 45.2 Å². The van der Waals surface area contributed by atoms with E-state index in [2.05, 4.69) is 24.5 Å². The second kappa shape index (κ2) is 4.81. The number of morpholine rings is 1. The molecular weight excluding hydrogens is 188 g/mol. The molecule has 2 unspecified atom stereocenters. The lowest BCUT2D eigenvalue weighted by Crippen LogP contribution is -2.48. The molecule has 1 aliphatic heterocycles. The molecule has 0 amide bonds. The summed E-state index contributed by atoms with van der Waals surface area (Å²) < 4.78 is 5.44. The first-order chi connectivity index (χ1) is 7.16. The lowest BCUT2D eigenvalue weighted by molar-refractivity contribution is 0.0757. The average Bonchev–Trinajstić information content (AvgIpc) is 2.57. The molecule has 2 atom stereocenters. The summed E-state index contributed by atoms with van der Waals surface area (Å²) in [6, 6.07) is 1.24. The largest absolute Gasteiger partial charge is 0.378 e. The molecule has 1 saturated heterocycles. The topological polar surface area (TPSA) is 33.3 Å². The quantitative estimate of drug-likeness (QED) is 0.736. The number of hydrogen-bond donors (Lipinski definition) is 2. The summed E-state index contributed by atoms with van der Waals surface area (Å²) >= 11 is 0. The van der Waals surface area contributed by atoms with Gasteiger partial charge < -0.3 is 15.4 Å². The third-order valence-corrected chi connectivity index (χ3v) is 3.62. The van der Waals surface area contributed by atoms with Crippen LogP contribution in [0.15, 0.2) is 0 Å². The monoisotopic (exact) mass is 212 g/mol. The Bertz CT molecular complexity index is 200. The van der Waals surface area contributed by atoms with Crippen molar-refractivity contribution in [3.05, 3.63) is 0 Å². The Morgan fingerprint density at radius 3 is 2.93 bits per heavy atom. The summed E-state index contributed by atoms with van der Waals surface area (Å²) in [7, 11) is 0. The Kier molecular flexibility index (Phi) is 3.65. The van der Waals surface area contributed by atoms with Gasteiger partial charge in [-0.3, -0.25) is 0 Å². The summed E-state index contributed by atoms with van der Waals surface area (Å²) in [5, 5.41) is 7.14. The van der Waals surface area contributed by atoms with E-state index in [1.807, 2.05) is 0 Å². The van der Waals surface area contributed by atoms with Crippen molar-refractivity contribution in [3.8, 4) is 0 Å². The Balaban J connectivity index is 1.65. The highest BCUT2D eigenvalue weighted by molar-refractivity contribution is 4.87. The molecule has 0 aromatic carbocycles. The van der Waals surface area contributed by atoms with Crippen LogP contribution in [0.25, 0.3) is 0 Å². The smallest absolute Gasteiger partial charge is 0.0632 e. The van der Waals surface area contributed by atoms with Crippen molar-refractivity contribution in [2.75, 3.05) is 26.3 Å². The first kappa shape index (κ1) is 11.4. The van der Waals surface area contributed by atoms with E-state index in [0.717, 1.165) is 32.3 Å². The van der Waals surface area contributed by atoms with Crippen LogP contribution in [-0.2, 0) is 4.74 Å². The zero-order chi connectivity index (χ0) is 10.7. The van der Waals surface area contributed by atoms with Gasteiger partial charge >= 0.3 is 0 Å². The molecule has 15 heavy (non-hydrogen) atoms. The summed E-state index contributed by atoms with van der Waals surface area (Å²) in [6.45, 7) is 8.53. The molecule has 1 aliphatic carbocycles. The molecule has 2 rings (SSSR count). The third kappa shape index (κ3) is 3.44. The van der Waals surface area contributed by atoms with Gasteiger partial charge in [0, 0.05) is 25.2 Å². The van der Waals surface area contributed by atoms with Gasteiger partial charge in [0.25, 0.3) is 0 Å². The molecule has 3 nitrogen and oxygen atoms in total. The maximum Gasteiger partial charge on any atom is 0.0632 e. The maximum atomic E-state index is 5.44. The van der Waals surface area contributed by atoms with Crippen LogP contribution in [0.3, 0.4) is 0 Å². The molecule has 2 fully saturated rings. The van der Waals surface area contributed by atoms with E-state index in [0.29, 0.717) is 11.5 Å². The zero-order valence-electron chi connectivity index (χ0n) is 10.0. The molecule has 0 aromatic rings. The summed E-state index contributed by atoms with van der Waals surface area (Å²) in [5.41, 5.74) is 0.550. The normalized spacial score (nSPS) is 35.6. The summed E-state index contributed by atoms with van der Waals surface area (Å²) in [4.78, 5) is 0. The van der Waals surface area contributed by atoms with Crippen LogP contribution in [0.5, 0.6) is 0 Å². The van der Waals surface area contributed by atoms with E-state index in [4.69, 9.17) is 4.74 Å². The number of nitrogens with one attached hydrogen (secondary N) is 2. The van der Waals surface area contributed by atoms with Gasteiger partial charge in [-0.05, 0) is 24.7 Å². The predicted molar refractivity (Wildman–Crippen MR) is 62.0 cm³/mol. The lowest BCUT2D eigenvalue weighted by Gasteiger charge is -2.26. The van der Waals surface area contributed by atoms with Crippen LogP contribution in [0.1, 0.15) is 33.1 Å². The van der Waals surface area contributed by atoms with E-state index in [1.165, 1.54) is 19.3 Å². The number of ether oxygens (including phenoxy) is 1. The summed E-state index contributed by atoms with van der Waals surface area (Å²) in [6.07, 6.45) is 4.01. The molecule has 0 radical (unpaired) electrons. The number of rotatable bonds is 3. The van der Waals surface area contributed by atoms with Crippen molar-refractivity contribution in [1.82, 2.24) is 10.6 Å². The van der Waals surface area contributed by atoms with E-state index in [-0.39, 0.29) is 0 Å². The third-order valence-electron chi connectivity index (χ3n) is 3.62. The van der Waals surface area contributed by atoms with E-state index in [9.17, 15) is 0 Å². The second-order valence-corrected chi connectivity index (χ2v) is 5.74. The fourth-order valence-corrected chi connectivity index (χ4v) is 2.67. The molecule has 0 aromatic heterocycles. The summed E-state index contributed by atoms with van der Waals surface area (Å²) in [5.74, 6) is 0. The Hall–Kier alpha value is -0.120. The minimum absolute atomic E-state index is 0.516. The molecule has 2 aliphatic rings. The van der Waals surface area contributed by atoms with Gasteiger partial charge in [-0.15, -0.1) is 0 Å². The van der Waals surface area contributed by atoms with E-state index < -0.39 is 0 Å². The van der Waals surface area contributed by atoms with Gasteiger partial charge in [0.1, 0.15) is 0 Å². The highest BCUT2D eigenvalue weighted by atomic mass is 16.5. The second-order valence-electron chi connectivity index (χ2n) is 5.74. The molecule has 1 heterocycles. The lowest BCUT2D eigenvalue weighted by atomic mass is 9.92. The van der Waals surface area contributed by atoms with Crippen molar-refractivity contribution < 1.29 is 4.74 Å². The zero-order valence-corrected chi connectivity index (χ0v) is 10.0. The maximum absolute atomic E-state index is 5.44. The molecule has 3 heteroatoms. The molecule has 0 bridgehead atoms. The van der Waals surface area contributed by atoms with Crippen molar-refractivity contribution in [2.24, 2.45) is 5.41 Å². The fraction of sp³-hybridized carbons (Fsp3) is 1.00. The number of hydrogen-bond acceptors (Lipinski definition) is 3. The Labute approximate surface area is 93.0 Å². The van der Waals surface area contributed by atoms with Gasteiger partial charge in [-0.25, -0.2) is 0 Å². The van der Waals surface area contributed by atoms with Crippen molar-refractivity contribution in [1.29, 1.82) is 0 Å². The minimum Gasteiger partial charge on any atom is -0.378 e. The van der Waals surface area contributed by atoms with Crippen LogP contribution >= 0.6 is 0 Å². The van der Waals surface area contributed by atoms with Crippen molar-refractivity contribution >= 4 is 0 Å². The van der Waals surface area contributed by atoms with Crippen LogP contribution < -0.4 is 10.6 Å². The van der Waals surface area contributed by atoms with Gasteiger partial charge in [0.2, 0.25) is 0 Å². The van der Waals surface area contributed by atoms with Crippen LogP contribution in [0.4, 0.5) is 0 Å². The van der Waals surface area contributed by atoms with Crippen LogP contribution in [-0.4, -0.2) is 38.4 Å². The van der Waals surface area contributed by atoms with Gasteiger partial charge in [-0.1, -0.05) is 13.8 Å². The minimum atomic E-state index is 0.516. The Morgan fingerprint density at radius 1 is 1.47 bits per heavy atom. The van der Waals surface area contributed by atoms with Gasteiger partial charge in [0.15, 0.2) is 0 Å². The first-order valence-corrected chi connectivity index (χ1v) is 6.20. The molecule has 2 N–H and O–H groups in total. The molecule has 0 spiro atoms. The van der Waals surface area contributed by atoms with E-state index in [1.54, 1.807) is 0 Å². The molecule has 88 valence electrons. The average molecular weight is 212 g/mol. The molecule has 1 saturated carbocycles. The highest BCUT2D eigenvalue weighted by Crippen LogP contribution is 2.36.